The number of allylic oxidation sites excluding steroid dienone is 1. The lowest BCUT2D eigenvalue weighted by molar-refractivity contribution is -0.0920. The maximum absolute atomic E-state index is 5.49. The van der Waals surface area contributed by atoms with Gasteiger partial charge in [0.25, 0.3) is 0 Å². The Bertz CT molecular complexity index is 139. The molecule has 0 bridgehead atoms. The minimum absolute atomic E-state index is 0.281. The average molecular weight is 186 g/mol. The first-order valence-corrected chi connectivity index (χ1v) is 4.85. The Hall–Kier alpha value is -0.540. The molecular weight excluding hydrogens is 168 g/mol. The highest BCUT2D eigenvalue weighted by Crippen LogP contribution is 2.07. The van der Waals surface area contributed by atoms with E-state index < -0.39 is 0 Å². The van der Waals surface area contributed by atoms with E-state index in [-0.39, 0.29) is 6.10 Å². The van der Waals surface area contributed by atoms with E-state index in [1.165, 1.54) is 0 Å². The molecule has 13 heavy (non-hydrogen) atoms. The van der Waals surface area contributed by atoms with E-state index in [0.717, 1.165) is 39.3 Å². The lowest BCUT2D eigenvalue weighted by Crippen LogP contribution is -2.28. The van der Waals surface area contributed by atoms with Gasteiger partial charge in [0.05, 0.1) is 38.8 Å². The zero-order valence-electron chi connectivity index (χ0n) is 8.20. The van der Waals surface area contributed by atoms with Gasteiger partial charge in [0.15, 0.2) is 0 Å². The summed E-state index contributed by atoms with van der Waals surface area (Å²) in [5.41, 5.74) is 0. The van der Waals surface area contributed by atoms with Crippen molar-refractivity contribution in [1.82, 2.24) is 0 Å². The first-order valence-electron chi connectivity index (χ1n) is 4.85. The SMILES string of the molecule is C/C=C/OCCCC1COCCO1. The van der Waals surface area contributed by atoms with Crippen LogP contribution in [0.25, 0.3) is 0 Å². The number of rotatable bonds is 5. The van der Waals surface area contributed by atoms with Gasteiger partial charge in [-0.1, -0.05) is 6.08 Å². The van der Waals surface area contributed by atoms with E-state index in [0.29, 0.717) is 0 Å². The minimum Gasteiger partial charge on any atom is -0.502 e. The third kappa shape index (κ3) is 4.90. The van der Waals surface area contributed by atoms with Gasteiger partial charge in [-0.25, -0.2) is 0 Å². The maximum atomic E-state index is 5.49. The highest BCUT2D eigenvalue weighted by atomic mass is 16.6. The lowest BCUT2D eigenvalue weighted by atomic mass is 10.2. The van der Waals surface area contributed by atoms with Gasteiger partial charge in [-0.3, -0.25) is 0 Å². The lowest BCUT2D eigenvalue weighted by Gasteiger charge is -2.22. The molecule has 3 nitrogen and oxygen atoms in total. The molecule has 0 radical (unpaired) electrons. The Kier molecular flexibility index (Phi) is 5.61. The molecule has 0 amide bonds. The second-order valence-electron chi connectivity index (χ2n) is 3.05. The van der Waals surface area contributed by atoms with Crippen LogP contribution in [0.3, 0.4) is 0 Å². The molecule has 3 heteroatoms. The molecule has 1 saturated heterocycles. The average Bonchev–Trinajstić information content (AvgIpc) is 2.19. The molecule has 0 N–H and O–H groups in total. The topological polar surface area (TPSA) is 27.7 Å². The monoisotopic (exact) mass is 186 g/mol. The Balaban J connectivity index is 1.92. The molecule has 1 aliphatic heterocycles. The normalized spacial score (nSPS) is 23.6. The first kappa shape index (κ1) is 10.5. The van der Waals surface area contributed by atoms with Crippen LogP contribution in [0.2, 0.25) is 0 Å². The summed E-state index contributed by atoms with van der Waals surface area (Å²) < 4.78 is 16.0. The van der Waals surface area contributed by atoms with Gasteiger partial charge < -0.3 is 14.2 Å². The fourth-order valence-electron chi connectivity index (χ4n) is 1.26. The Morgan fingerprint density at radius 1 is 1.46 bits per heavy atom. The van der Waals surface area contributed by atoms with Gasteiger partial charge in [-0.2, -0.15) is 0 Å². The summed E-state index contributed by atoms with van der Waals surface area (Å²) >= 11 is 0. The Morgan fingerprint density at radius 3 is 3.08 bits per heavy atom. The molecule has 1 aliphatic rings. The molecule has 1 rings (SSSR count). The van der Waals surface area contributed by atoms with Crippen LogP contribution in [0, 0.1) is 0 Å². The highest BCUT2D eigenvalue weighted by molar-refractivity contribution is 4.66. The van der Waals surface area contributed by atoms with Crippen LogP contribution in [0.15, 0.2) is 12.3 Å². The second kappa shape index (κ2) is 6.92. The predicted molar refractivity (Wildman–Crippen MR) is 50.6 cm³/mol. The summed E-state index contributed by atoms with van der Waals surface area (Å²) in [6.07, 6.45) is 5.94. The summed E-state index contributed by atoms with van der Waals surface area (Å²) in [5, 5.41) is 0. The summed E-state index contributed by atoms with van der Waals surface area (Å²) in [6, 6.07) is 0. The van der Waals surface area contributed by atoms with Crippen LogP contribution in [0.4, 0.5) is 0 Å². The van der Waals surface area contributed by atoms with Crippen molar-refractivity contribution in [1.29, 1.82) is 0 Å². The molecule has 1 heterocycles. The van der Waals surface area contributed by atoms with Crippen LogP contribution in [-0.2, 0) is 14.2 Å². The molecule has 1 atom stereocenters. The Labute approximate surface area is 79.7 Å². The van der Waals surface area contributed by atoms with Crippen LogP contribution in [-0.4, -0.2) is 32.5 Å². The summed E-state index contributed by atoms with van der Waals surface area (Å²) in [6.45, 7) is 4.93. The zero-order chi connectivity index (χ0) is 9.36. The molecule has 0 saturated carbocycles. The van der Waals surface area contributed by atoms with E-state index in [1.54, 1.807) is 6.26 Å². The highest BCUT2D eigenvalue weighted by Gasteiger charge is 2.13. The van der Waals surface area contributed by atoms with Crippen molar-refractivity contribution in [2.24, 2.45) is 0 Å². The van der Waals surface area contributed by atoms with Crippen LogP contribution >= 0.6 is 0 Å². The maximum Gasteiger partial charge on any atom is 0.0874 e. The molecule has 0 aromatic rings. The van der Waals surface area contributed by atoms with Crippen molar-refractivity contribution in [3.05, 3.63) is 12.3 Å². The van der Waals surface area contributed by atoms with E-state index in [2.05, 4.69) is 0 Å². The largest absolute Gasteiger partial charge is 0.502 e. The zero-order valence-corrected chi connectivity index (χ0v) is 8.20. The van der Waals surface area contributed by atoms with Crippen molar-refractivity contribution in [2.75, 3.05) is 26.4 Å². The molecule has 0 spiro atoms. The quantitative estimate of drug-likeness (QED) is 0.483. The molecular formula is C10H18O3. The molecule has 0 aliphatic carbocycles. The van der Waals surface area contributed by atoms with Crippen molar-refractivity contribution in [3.8, 4) is 0 Å². The van der Waals surface area contributed by atoms with Crippen LogP contribution in [0.1, 0.15) is 19.8 Å². The molecule has 0 aromatic carbocycles. The molecule has 1 fully saturated rings. The van der Waals surface area contributed by atoms with E-state index in [1.807, 2.05) is 13.0 Å². The third-order valence-electron chi connectivity index (χ3n) is 1.91. The van der Waals surface area contributed by atoms with E-state index in [4.69, 9.17) is 14.2 Å². The molecule has 0 aromatic heterocycles. The van der Waals surface area contributed by atoms with Crippen LogP contribution in [0.5, 0.6) is 0 Å². The fraction of sp³-hybridized carbons (Fsp3) is 0.800. The fourth-order valence-corrected chi connectivity index (χ4v) is 1.26. The number of hydrogen-bond donors (Lipinski definition) is 0. The van der Waals surface area contributed by atoms with Gasteiger partial charge >= 0.3 is 0 Å². The van der Waals surface area contributed by atoms with Crippen molar-refractivity contribution in [2.45, 2.75) is 25.9 Å². The molecule has 1 unspecified atom stereocenters. The molecule has 76 valence electrons. The van der Waals surface area contributed by atoms with Crippen LogP contribution < -0.4 is 0 Å². The van der Waals surface area contributed by atoms with Gasteiger partial charge in [-0.05, 0) is 19.8 Å². The smallest absolute Gasteiger partial charge is 0.0874 e. The first-order chi connectivity index (χ1) is 6.43. The summed E-state index contributed by atoms with van der Waals surface area (Å²) in [5.74, 6) is 0. The van der Waals surface area contributed by atoms with Gasteiger partial charge in [-0.15, -0.1) is 0 Å². The van der Waals surface area contributed by atoms with E-state index in [9.17, 15) is 0 Å². The van der Waals surface area contributed by atoms with Crippen molar-refractivity contribution in [3.63, 3.8) is 0 Å². The second-order valence-corrected chi connectivity index (χ2v) is 3.05. The predicted octanol–water partition coefficient (Wildman–Crippen LogP) is 1.73. The summed E-state index contributed by atoms with van der Waals surface area (Å²) in [7, 11) is 0. The number of ether oxygens (including phenoxy) is 3. The van der Waals surface area contributed by atoms with E-state index >= 15 is 0 Å². The van der Waals surface area contributed by atoms with Gasteiger partial charge in [0.1, 0.15) is 0 Å². The number of hydrogen-bond acceptors (Lipinski definition) is 3. The standard InChI is InChI=1S/C10H18O3/c1-2-5-11-6-3-4-10-9-12-7-8-13-10/h2,5,10H,3-4,6-9H2,1H3/b5-2+. The van der Waals surface area contributed by atoms with Gasteiger partial charge in [0, 0.05) is 0 Å². The third-order valence-corrected chi connectivity index (χ3v) is 1.91. The van der Waals surface area contributed by atoms with Crippen molar-refractivity contribution < 1.29 is 14.2 Å². The Morgan fingerprint density at radius 2 is 2.38 bits per heavy atom. The van der Waals surface area contributed by atoms with Crippen molar-refractivity contribution >= 4 is 0 Å². The summed E-state index contributed by atoms with van der Waals surface area (Å²) in [4.78, 5) is 0. The minimum atomic E-state index is 0.281. The van der Waals surface area contributed by atoms with Gasteiger partial charge in [0.2, 0.25) is 0 Å².